The number of fused-ring (bicyclic) bond motifs is 3. The summed E-state index contributed by atoms with van der Waals surface area (Å²) in [6, 6.07) is 6.28. The zero-order valence-electron chi connectivity index (χ0n) is 14.1. The Kier molecular flexibility index (Phi) is 4.19. The van der Waals surface area contributed by atoms with Gasteiger partial charge >= 0.3 is 12.6 Å². The molecule has 0 aliphatic heterocycles. The molecule has 0 bridgehead atoms. The number of para-hydroxylation sites is 1. The molecular formula is C17H12F2N4O3S. The lowest BCUT2D eigenvalue weighted by Gasteiger charge is -2.07. The molecule has 7 nitrogen and oxygen atoms in total. The number of hydrogen-bond donors (Lipinski definition) is 0. The number of nitrogens with zero attached hydrogens (tertiary/aromatic N) is 4. The van der Waals surface area contributed by atoms with Crippen LogP contribution in [0.25, 0.3) is 27.3 Å². The highest BCUT2D eigenvalue weighted by atomic mass is 32.1. The Bertz CT molecular complexity index is 1170. The predicted molar refractivity (Wildman–Crippen MR) is 94.3 cm³/mol. The van der Waals surface area contributed by atoms with Gasteiger partial charge in [0.25, 0.3) is 0 Å². The molecule has 0 amide bonds. The van der Waals surface area contributed by atoms with Gasteiger partial charge in [-0.3, -0.25) is 0 Å². The molecule has 3 heterocycles. The van der Waals surface area contributed by atoms with Crippen LogP contribution in [-0.2, 0) is 4.74 Å². The van der Waals surface area contributed by atoms with Crippen molar-refractivity contribution in [2.75, 3.05) is 7.11 Å². The number of ether oxygens (including phenoxy) is 2. The molecule has 4 aromatic rings. The van der Waals surface area contributed by atoms with Crippen LogP contribution in [0.15, 0.2) is 30.6 Å². The minimum absolute atomic E-state index is 0.0232. The van der Waals surface area contributed by atoms with E-state index in [0.29, 0.717) is 31.9 Å². The third kappa shape index (κ3) is 2.87. The molecule has 1 aromatic carbocycles. The third-order valence-corrected chi connectivity index (χ3v) is 5.16. The van der Waals surface area contributed by atoms with Gasteiger partial charge in [0.15, 0.2) is 11.5 Å². The second kappa shape index (κ2) is 6.54. The lowest BCUT2D eigenvalue weighted by atomic mass is 10.2. The number of methoxy groups -OCH3 is 1. The number of aromatic nitrogens is 4. The largest absolute Gasteiger partial charge is 0.465 e. The van der Waals surface area contributed by atoms with Crippen molar-refractivity contribution < 1.29 is 23.0 Å². The number of carbonyl (C=O) groups excluding carboxylic acids is 1. The van der Waals surface area contributed by atoms with E-state index in [9.17, 15) is 13.6 Å². The van der Waals surface area contributed by atoms with E-state index in [2.05, 4.69) is 19.8 Å². The fourth-order valence-electron chi connectivity index (χ4n) is 2.79. The molecule has 0 atom stereocenters. The van der Waals surface area contributed by atoms with Crippen molar-refractivity contribution in [3.63, 3.8) is 0 Å². The summed E-state index contributed by atoms with van der Waals surface area (Å²) in [4.78, 5) is 21.8. The Morgan fingerprint density at radius 3 is 2.81 bits per heavy atom. The topological polar surface area (TPSA) is 78.6 Å². The van der Waals surface area contributed by atoms with Crippen molar-refractivity contribution in [2.45, 2.75) is 13.5 Å². The van der Waals surface area contributed by atoms with Gasteiger partial charge in [-0.25, -0.2) is 19.3 Å². The molecular weight excluding hydrogens is 378 g/mol. The van der Waals surface area contributed by atoms with Gasteiger partial charge in [0.1, 0.15) is 21.8 Å². The van der Waals surface area contributed by atoms with E-state index in [4.69, 9.17) is 4.74 Å². The molecule has 0 spiro atoms. The standard InChI is InChI=1S/C17H12F2N4O3S/c1-8-11-14-21-13(9-5-3-4-6-10(9)26-17(18)19)22-23(14)7-20-15(11)27-12(8)16(24)25-2/h3-7,17H,1-2H3. The number of esters is 1. The Morgan fingerprint density at radius 1 is 1.30 bits per heavy atom. The van der Waals surface area contributed by atoms with Crippen LogP contribution in [0.1, 0.15) is 15.2 Å². The van der Waals surface area contributed by atoms with E-state index >= 15 is 0 Å². The molecule has 0 saturated carbocycles. The van der Waals surface area contributed by atoms with Crippen LogP contribution in [-0.4, -0.2) is 39.3 Å². The van der Waals surface area contributed by atoms with Crippen LogP contribution in [0.4, 0.5) is 8.78 Å². The van der Waals surface area contributed by atoms with Gasteiger partial charge in [0, 0.05) is 0 Å². The smallest absolute Gasteiger partial charge is 0.387 e. The molecule has 0 aliphatic rings. The van der Waals surface area contributed by atoms with Crippen LogP contribution in [0.5, 0.6) is 5.75 Å². The number of aryl methyl sites for hydroxylation is 1. The monoisotopic (exact) mass is 390 g/mol. The first-order valence-electron chi connectivity index (χ1n) is 7.76. The normalized spacial score (nSPS) is 11.4. The summed E-state index contributed by atoms with van der Waals surface area (Å²) >= 11 is 1.20. The van der Waals surface area contributed by atoms with E-state index in [-0.39, 0.29) is 11.6 Å². The maximum atomic E-state index is 12.7. The summed E-state index contributed by atoms with van der Waals surface area (Å²) in [5, 5.41) is 4.98. The van der Waals surface area contributed by atoms with Crippen molar-refractivity contribution in [1.29, 1.82) is 0 Å². The average molecular weight is 390 g/mol. The van der Waals surface area contributed by atoms with Gasteiger partial charge in [-0.15, -0.1) is 16.4 Å². The number of hydrogen-bond acceptors (Lipinski definition) is 7. The molecule has 0 saturated heterocycles. The number of thiophene rings is 1. The Labute approximate surface area is 155 Å². The van der Waals surface area contributed by atoms with E-state index in [1.807, 2.05) is 0 Å². The minimum Gasteiger partial charge on any atom is -0.465 e. The zero-order valence-corrected chi connectivity index (χ0v) is 15.0. The minimum atomic E-state index is -2.96. The zero-order chi connectivity index (χ0) is 19.1. The highest BCUT2D eigenvalue weighted by Gasteiger charge is 2.22. The molecule has 0 fully saturated rings. The molecule has 0 N–H and O–H groups in total. The first kappa shape index (κ1) is 17.3. The quantitative estimate of drug-likeness (QED) is 0.495. The van der Waals surface area contributed by atoms with Crippen molar-refractivity contribution in [3.8, 4) is 17.1 Å². The van der Waals surface area contributed by atoms with Crippen molar-refractivity contribution in [3.05, 3.63) is 41.0 Å². The van der Waals surface area contributed by atoms with Gasteiger partial charge in [0.2, 0.25) is 0 Å². The maximum Gasteiger partial charge on any atom is 0.387 e. The lowest BCUT2D eigenvalue weighted by molar-refractivity contribution is -0.0494. The van der Waals surface area contributed by atoms with Crippen LogP contribution in [0.2, 0.25) is 0 Å². The number of carbonyl (C=O) groups is 1. The first-order chi connectivity index (χ1) is 13.0. The molecule has 4 rings (SSSR count). The highest BCUT2D eigenvalue weighted by molar-refractivity contribution is 7.20. The van der Waals surface area contributed by atoms with E-state index < -0.39 is 12.6 Å². The summed E-state index contributed by atoms with van der Waals surface area (Å²) in [5.41, 5.74) is 1.47. The summed E-state index contributed by atoms with van der Waals surface area (Å²) in [6.07, 6.45) is 1.46. The van der Waals surface area contributed by atoms with E-state index in [1.54, 1.807) is 25.1 Å². The SMILES string of the molecule is COC(=O)c1sc2ncn3nc(-c4ccccc4OC(F)F)nc3c2c1C. The number of halogens is 2. The lowest BCUT2D eigenvalue weighted by Crippen LogP contribution is -2.03. The summed E-state index contributed by atoms with van der Waals surface area (Å²) in [5.74, 6) is -0.264. The van der Waals surface area contributed by atoms with E-state index in [1.165, 1.54) is 35.4 Å². The predicted octanol–water partition coefficient (Wildman–Crippen LogP) is 3.70. The van der Waals surface area contributed by atoms with Crippen LogP contribution in [0.3, 0.4) is 0 Å². The molecule has 3 aromatic heterocycles. The fourth-order valence-corrected chi connectivity index (χ4v) is 3.85. The summed E-state index contributed by atoms with van der Waals surface area (Å²) < 4.78 is 36.1. The van der Waals surface area contributed by atoms with Crippen molar-refractivity contribution >= 4 is 33.2 Å². The van der Waals surface area contributed by atoms with Crippen molar-refractivity contribution in [2.24, 2.45) is 0 Å². The Balaban J connectivity index is 1.92. The van der Waals surface area contributed by atoms with Crippen molar-refractivity contribution in [1.82, 2.24) is 19.6 Å². The fraction of sp³-hybridized carbons (Fsp3) is 0.176. The van der Waals surface area contributed by atoms with Gasteiger partial charge in [-0.2, -0.15) is 8.78 Å². The maximum absolute atomic E-state index is 12.7. The Morgan fingerprint density at radius 2 is 2.07 bits per heavy atom. The Hall–Kier alpha value is -3.14. The average Bonchev–Trinajstić information content (AvgIpc) is 3.22. The molecule has 10 heteroatoms. The van der Waals surface area contributed by atoms with E-state index in [0.717, 1.165) is 0 Å². The molecule has 0 aliphatic carbocycles. The van der Waals surface area contributed by atoms with Crippen LogP contribution >= 0.6 is 11.3 Å². The number of rotatable bonds is 4. The van der Waals surface area contributed by atoms with Gasteiger partial charge in [-0.1, -0.05) is 12.1 Å². The molecule has 138 valence electrons. The van der Waals surface area contributed by atoms with Gasteiger partial charge in [0.05, 0.1) is 18.1 Å². The highest BCUT2D eigenvalue weighted by Crippen LogP contribution is 2.34. The summed E-state index contributed by atoms with van der Waals surface area (Å²) in [6.45, 7) is -1.19. The number of alkyl halides is 2. The van der Waals surface area contributed by atoms with Crippen LogP contribution < -0.4 is 4.74 Å². The first-order valence-corrected chi connectivity index (χ1v) is 8.58. The van der Waals surface area contributed by atoms with Gasteiger partial charge in [-0.05, 0) is 24.6 Å². The number of benzene rings is 1. The van der Waals surface area contributed by atoms with Gasteiger partial charge < -0.3 is 9.47 Å². The second-order valence-corrected chi connectivity index (χ2v) is 6.55. The van der Waals surface area contributed by atoms with Crippen LogP contribution in [0, 0.1) is 6.92 Å². The molecule has 0 radical (unpaired) electrons. The summed E-state index contributed by atoms with van der Waals surface area (Å²) in [7, 11) is 1.31. The third-order valence-electron chi connectivity index (χ3n) is 3.98. The molecule has 27 heavy (non-hydrogen) atoms. The molecule has 0 unspecified atom stereocenters. The second-order valence-electron chi connectivity index (χ2n) is 5.55.